The van der Waals surface area contributed by atoms with Gasteiger partial charge in [-0.25, -0.2) is 0 Å². The zero-order valence-corrected chi connectivity index (χ0v) is 15.1. The Morgan fingerprint density at radius 1 is 1.28 bits per heavy atom. The molecule has 1 fully saturated rings. The molecule has 136 valence electrons. The van der Waals surface area contributed by atoms with Gasteiger partial charge in [-0.05, 0) is 24.6 Å². The Bertz CT molecular complexity index is 661. The number of anilines is 1. The van der Waals surface area contributed by atoms with E-state index in [2.05, 4.69) is 6.07 Å². The molecular weight excluding hydrogens is 320 g/mol. The molecule has 1 heterocycles. The van der Waals surface area contributed by atoms with Gasteiger partial charge in [0.05, 0.1) is 6.54 Å². The Labute approximate surface area is 148 Å². The molecule has 7 nitrogen and oxygen atoms in total. The van der Waals surface area contributed by atoms with Crippen molar-refractivity contribution in [2.75, 3.05) is 38.1 Å². The summed E-state index contributed by atoms with van der Waals surface area (Å²) >= 11 is 0. The van der Waals surface area contributed by atoms with Gasteiger partial charge in [0.25, 0.3) is 0 Å². The van der Waals surface area contributed by atoms with Gasteiger partial charge < -0.3 is 20.4 Å². The third kappa shape index (κ3) is 4.71. The topological polar surface area (TPSA) is 87.0 Å². The van der Waals surface area contributed by atoms with Crippen LogP contribution in [-0.4, -0.2) is 66.8 Å². The summed E-state index contributed by atoms with van der Waals surface area (Å²) < 4.78 is 0. The molecule has 1 aromatic carbocycles. The number of amides is 3. The molecule has 0 saturated carbocycles. The van der Waals surface area contributed by atoms with Crippen molar-refractivity contribution in [2.24, 2.45) is 5.73 Å². The number of benzene rings is 1. The summed E-state index contributed by atoms with van der Waals surface area (Å²) in [6.07, 6.45) is 0.343. The van der Waals surface area contributed by atoms with Crippen molar-refractivity contribution in [3.63, 3.8) is 0 Å². The van der Waals surface area contributed by atoms with Crippen LogP contribution in [0.2, 0.25) is 0 Å². The largest absolute Gasteiger partial charge is 0.374 e. The Morgan fingerprint density at radius 3 is 2.60 bits per heavy atom. The molecule has 0 bridgehead atoms. The quantitative estimate of drug-likeness (QED) is 0.834. The number of hydrogen-bond donors (Lipinski definition) is 1. The highest BCUT2D eigenvalue weighted by atomic mass is 16.2. The first-order valence-corrected chi connectivity index (χ1v) is 8.41. The third-order valence-electron chi connectivity index (χ3n) is 4.57. The van der Waals surface area contributed by atoms with E-state index < -0.39 is 11.9 Å². The first-order chi connectivity index (χ1) is 11.8. The number of carbonyl (C=O) groups is 3. The van der Waals surface area contributed by atoms with Crippen LogP contribution in [0.5, 0.6) is 0 Å². The highest BCUT2D eigenvalue weighted by molar-refractivity contribution is 5.87. The molecule has 2 N–H and O–H groups in total. The summed E-state index contributed by atoms with van der Waals surface area (Å²) in [4.78, 5) is 40.8. The molecule has 0 radical (unpaired) electrons. The number of nitrogens with two attached hydrogens (primary N) is 1. The van der Waals surface area contributed by atoms with Crippen LogP contribution < -0.4 is 10.6 Å². The molecule has 7 heteroatoms. The van der Waals surface area contributed by atoms with E-state index in [1.54, 1.807) is 4.90 Å². The van der Waals surface area contributed by atoms with Crippen LogP contribution in [-0.2, 0) is 14.4 Å². The summed E-state index contributed by atoms with van der Waals surface area (Å²) in [7, 11) is 1.95. The van der Waals surface area contributed by atoms with Crippen molar-refractivity contribution >= 4 is 23.4 Å². The van der Waals surface area contributed by atoms with E-state index in [0.717, 1.165) is 5.69 Å². The molecule has 0 aromatic heterocycles. The minimum Gasteiger partial charge on any atom is -0.374 e. The van der Waals surface area contributed by atoms with Gasteiger partial charge in [-0.2, -0.15) is 0 Å². The molecule has 3 amide bonds. The predicted octanol–water partition coefficient (Wildman–Crippen LogP) is 0.366. The standard InChI is InChI=1S/C18H26N4O3/c1-13-5-4-6-15(11-13)20(3)8-7-17(24)21-9-10-22(14(2)23)16(12-21)18(19)25/h4-6,11,16H,7-10,12H2,1-3H3,(H2,19,25). The fourth-order valence-corrected chi connectivity index (χ4v) is 3.05. The normalized spacial score (nSPS) is 17.3. The van der Waals surface area contributed by atoms with E-state index in [4.69, 9.17) is 5.73 Å². The second kappa shape index (κ2) is 8.00. The molecule has 2 rings (SSSR count). The average Bonchev–Trinajstić information content (AvgIpc) is 2.58. The number of nitrogens with zero attached hydrogens (tertiary/aromatic N) is 3. The maximum atomic E-state index is 12.5. The number of aryl methyl sites for hydroxylation is 1. The number of rotatable bonds is 5. The van der Waals surface area contributed by atoms with Crippen molar-refractivity contribution in [3.05, 3.63) is 29.8 Å². The van der Waals surface area contributed by atoms with Gasteiger partial charge >= 0.3 is 0 Å². The highest BCUT2D eigenvalue weighted by Crippen LogP contribution is 2.16. The lowest BCUT2D eigenvalue weighted by atomic mass is 10.1. The minimum atomic E-state index is -0.746. The van der Waals surface area contributed by atoms with E-state index >= 15 is 0 Å². The Morgan fingerprint density at radius 2 is 2.00 bits per heavy atom. The summed E-state index contributed by atoms with van der Waals surface area (Å²) in [5.41, 5.74) is 7.62. The van der Waals surface area contributed by atoms with Crippen molar-refractivity contribution in [1.29, 1.82) is 0 Å². The van der Waals surface area contributed by atoms with Crippen molar-refractivity contribution in [3.8, 4) is 0 Å². The van der Waals surface area contributed by atoms with Gasteiger partial charge in [0, 0.05) is 45.7 Å². The number of primary amides is 1. The summed E-state index contributed by atoms with van der Waals surface area (Å²) in [5.74, 6) is -0.811. The van der Waals surface area contributed by atoms with Gasteiger partial charge in [0.2, 0.25) is 17.7 Å². The van der Waals surface area contributed by atoms with Crippen LogP contribution in [0.3, 0.4) is 0 Å². The van der Waals surface area contributed by atoms with E-state index in [0.29, 0.717) is 26.1 Å². The molecular formula is C18H26N4O3. The minimum absolute atomic E-state index is 0.0334. The zero-order chi connectivity index (χ0) is 18.6. The van der Waals surface area contributed by atoms with Crippen LogP contribution in [0.4, 0.5) is 5.69 Å². The number of carbonyl (C=O) groups excluding carboxylic acids is 3. The molecule has 1 aromatic rings. The molecule has 25 heavy (non-hydrogen) atoms. The van der Waals surface area contributed by atoms with Crippen molar-refractivity contribution in [2.45, 2.75) is 26.3 Å². The summed E-state index contributed by atoms with van der Waals surface area (Å²) in [5, 5.41) is 0. The molecule has 1 saturated heterocycles. The lowest BCUT2D eigenvalue weighted by Gasteiger charge is -2.39. The molecule has 1 aliphatic rings. The third-order valence-corrected chi connectivity index (χ3v) is 4.57. The van der Waals surface area contributed by atoms with E-state index in [-0.39, 0.29) is 18.4 Å². The van der Waals surface area contributed by atoms with Crippen molar-refractivity contribution in [1.82, 2.24) is 9.80 Å². The van der Waals surface area contributed by atoms with Crippen LogP contribution >= 0.6 is 0 Å². The van der Waals surface area contributed by atoms with E-state index in [9.17, 15) is 14.4 Å². The summed E-state index contributed by atoms with van der Waals surface area (Å²) in [6, 6.07) is 7.35. The smallest absolute Gasteiger partial charge is 0.242 e. The molecule has 1 unspecified atom stereocenters. The van der Waals surface area contributed by atoms with Crippen LogP contribution in [0, 0.1) is 6.92 Å². The Hall–Kier alpha value is -2.57. The maximum Gasteiger partial charge on any atom is 0.242 e. The summed E-state index contributed by atoms with van der Waals surface area (Å²) in [6.45, 7) is 4.95. The SMILES string of the molecule is CC(=O)N1CCN(C(=O)CCN(C)c2cccc(C)c2)CC1C(N)=O. The van der Waals surface area contributed by atoms with E-state index in [1.165, 1.54) is 17.4 Å². The van der Waals surface area contributed by atoms with Gasteiger partial charge in [-0.3, -0.25) is 14.4 Å². The van der Waals surface area contributed by atoms with Gasteiger partial charge in [0.1, 0.15) is 6.04 Å². The molecule has 1 atom stereocenters. The second-order valence-electron chi connectivity index (χ2n) is 6.48. The lowest BCUT2D eigenvalue weighted by molar-refractivity contribution is -0.146. The molecule has 0 aliphatic carbocycles. The highest BCUT2D eigenvalue weighted by Gasteiger charge is 2.34. The predicted molar refractivity (Wildman–Crippen MR) is 96.0 cm³/mol. The van der Waals surface area contributed by atoms with E-state index in [1.807, 2.05) is 37.1 Å². The zero-order valence-electron chi connectivity index (χ0n) is 15.1. The monoisotopic (exact) mass is 346 g/mol. The number of piperazine rings is 1. The Balaban J connectivity index is 1.92. The fourth-order valence-electron chi connectivity index (χ4n) is 3.05. The van der Waals surface area contributed by atoms with Crippen LogP contribution in [0.25, 0.3) is 0 Å². The van der Waals surface area contributed by atoms with Gasteiger partial charge in [0.15, 0.2) is 0 Å². The van der Waals surface area contributed by atoms with Gasteiger partial charge in [-0.1, -0.05) is 12.1 Å². The lowest BCUT2D eigenvalue weighted by Crippen LogP contribution is -2.60. The van der Waals surface area contributed by atoms with Gasteiger partial charge in [-0.15, -0.1) is 0 Å². The number of hydrogen-bond acceptors (Lipinski definition) is 4. The maximum absolute atomic E-state index is 12.5. The van der Waals surface area contributed by atoms with Crippen LogP contribution in [0.15, 0.2) is 24.3 Å². The second-order valence-corrected chi connectivity index (χ2v) is 6.48. The average molecular weight is 346 g/mol. The molecule has 0 spiro atoms. The fraction of sp³-hybridized carbons (Fsp3) is 0.500. The molecule has 1 aliphatic heterocycles. The Kier molecular flexibility index (Phi) is 6.01. The van der Waals surface area contributed by atoms with Crippen LogP contribution in [0.1, 0.15) is 18.9 Å². The first-order valence-electron chi connectivity index (χ1n) is 8.41. The van der Waals surface area contributed by atoms with Crippen molar-refractivity contribution < 1.29 is 14.4 Å². The first kappa shape index (κ1) is 18.8.